The fourth-order valence-corrected chi connectivity index (χ4v) is 2.13. The first-order valence-corrected chi connectivity index (χ1v) is 7.27. The van der Waals surface area contributed by atoms with Crippen molar-refractivity contribution in [1.29, 1.82) is 0 Å². The summed E-state index contributed by atoms with van der Waals surface area (Å²) in [7, 11) is 0. The third-order valence-corrected chi connectivity index (χ3v) is 3.23. The number of nitrogens with zero attached hydrogens (tertiary/aromatic N) is 3. The van der Waals surface area contributed by atoms with Crippen LogP contribution < -0.4 is 5.32 Å². The van der Waals surface area contributed by atoms with E-state index in [1.807, 2.05) is 60.1 Å². The van der Waals surface area contributed by atoms with Gasteiger partial charge >= 0.3 is 0 Å². The van der Waals surface area contributed by atoms with Crippen LogP contribution in [0.2, 0.25) is 0 Å². The Morgan fingerprint density at radius 3 is 2.78 bits per heavy atom. The highest BCUT2D eigenvalue weighted by molar-refractivity contribution is 5.99. The summed E-state index contributed by atoms with van der Waals surface area (Å²) in [5.41, 5.74) is 2.55. The van der Waals surface area contributed by atoms with Crippen molar-refractivity contribution in [3.63, 3.8) is 0 Å². The average molecular weight is 304 g/mol. The van der Waals surface area contributed by atoms with Crippen molar-refractivity contribution in [1.82, 2.24) is 14.4 Å². The summed E-state index contributed by atoms with van der Waals surface area (Å²) in [5, 5.41) is 2.81. The van der Waals surface area contributed by atoms with E-state index in [9.17, 15) is 4.79 Å². The van der Waals surface area contributed by atoms with Gasteiger partial charge in [0.1, 0.15) is 0 Å². The van der Waals surface area contributed by atoms with Crippen LogP contribution in [-0.2, 0) is 4.79 Å². The molecular weight excluding hydrogens is 288 g/mol. The van der Waals surface area contributed by atoms with Gasteiger partial charge in [-0.05, 0) is 25.1 Å². The van der Waals surface area contributed by atoms with Gasteiger partial charge in [0, 0.05) is 35.9 Å². The lowest BCUT2D eigenvalue weighted by molar-refractivity contribution is -0.111. The standard InChI is InChI=1S/C18H16N4O/c1-2-3-4-6-17(23)20-15-9-7-14(8-10-15)16-13-22-12-5-11-19-18(22)21-16/h2-13H,1H3,(H,20,23)/b3-2+,6-4+. The largest absolute Gasteiger partial charge is 0.323 e. The fraction of sp³-hybridized carbons (Fsp3) is 0.0556. The number of rotatable bonds is 4. The SMILES string of the molecule is C/C=C/C=C/C(=O)Nc1ccc(-c2cn3cccnc3n2)cc1. The van der Waals surface area contributed by atoms with Crippen molar-refractivity contribution in [2.24, 2.45) is 0 Å². The zero-order valence-electron chi connectivity index (χ0n) is 12.7. The van der Waals surface area contributed by atoms with Gasteiger partial charge in [-0.25, -0.2) is 9.97 Å². The highest BCUT2D eigenvalue weighted by atomic mass is 16.1. The van der Waals surface area contributed by atoms with Gasteiger partial charge in [-0.2, -0.15) is 0 Å². The van der Waals surface area contributed by atoms with Gasteiger partial charge in [-0.3, -0.25) is 9.20 Å². The van der Waals surface area contributed by atoms with E-state index in [0.717, 1.165) is 16.9 Å². The summed E-state index contributed by atoms with van der Waals surface area (Å²) in [4.78, 5) is 20.4. The number of carbonyl (C=O) groups excluding carboxylic acids is 1. The van der Waals surface area contributed by atoms with Crippen molar-refractivity contribution >= 4 is 17.4 Å². The number of carbonyl (C=O) groups is 1. The molecule has 2 heterocycles. The molecule has 1 amide bonds. The van der Waals surface area contributed by atoms with E-state index in [1.165, 1.54) is 6.08 Å². The lowest BCUT2D eigenvalue weighted by atomic mass is 10.1. The molecule has 1 N–H and O–H groups in total. The van der Waals surface area contributed by atoms with Crippen LogP contribution in [0, 0.1) is 0 Å². The summed E-state index contributed by atoms with van der Waals surface area (Å²) in [5.74, 6) is 0.502. The Labute approximate surface area is 134 Å². The number of amides is 1. The lowest BCUT2D eigenvalue weighted by Gasteiger charge is -2.03. The smallest absolute Gasteiger partial charge is 0.248 e. The number of fused-ring (bicyclic) bond motifs is 1. The number of hydrogen-bond acceptors (Lipinski definition) is 3. The third kappa shape index (κ3) is 3.52. The van der Waals surface area contributed by atoms with Crippen molar-refractivity contribution in [2.45, 2.75) is 6.92 Å². The van der Waals surface area contributed by atoms with Crippen molar-refractivity contribution in [3.05, 3.63) is 73.2 Å². The molecule has 0 atom stereocenters. The van der Waals surface area contributed by atoms with Crippen molar-refractivity contribution in [2.75, 3.05) is 5.32 Å². The zero-order chi connectivity index (χ0) is 16.1. The highest BCUT2D eigenvalue weighted by Gasteiger charge is 2.05. The van der Waals surface area contributed by atoms with E-state index >= 15 is 0 Å². The minimum Gasteiger partial charge on any atom is -0.323 e. The van der Waals surface area contributed by atoms with Crippen molar-refractivity contribution < 1.29 is 4.79 Å². The molecule has 0 aliphatic heterocycles. The van der Waals surface area contributed by atoms with Gasteiger partial charge < -0.3 is 5.32 Å². The fourth-order valence-electron chi connectivity index (χ4n) is 2.13. The molecule has 5 heteroatoms. The molecule has 0 bridgehead atoms. The Kier molecular flexibility index (Phi) is 4.29. The molecule has 3 rings (SSSR count). The number of benzene rings is 1. The van der Waals surface area contributed by atoms with Crippen LogP contribution in [0.5, 0.6) is 0 Å². The maximum atomic E-state index is 11.7. The van der Waals surface area contributed by atoms with Gasteiger partial charge in [-0.1, -0.05) is 30.4 Å². The third-order valence-electron chi connectivity index (χ3n) is 3.23. The molecular formula is C18H16N4O. The Morgan fingerprint density at radius 2 is 2.04 bits per heavy atom. The van der Waals surface area contributed by atoms with Crippen LogP contribution in [0.25, 0.3) is 17.0 Å². The van der Waals surface area contributed by atoms with E-state index in [4.69, 9.17) is 0 Å². The topological polar surface area (TPSA) is 59.3 Å². The first-order chi connectivity index (χ1) is 11.3. The van der Waals surface area contributed by atoms with Crippen LogP contribution in [0.1, 0.15) is 6.92 Å². The number of anilines is 1. The van der Waals surface area contributed by atoms with Gasteiger partial charge in [0.05, 0.1) is 5.69 Å². The maximum Gasteiger partial charge on any atom is 0.248 e. The molecule has 0 aliphatic rings. The number of imidazole rings is 1. The summed E-state index contributed by atoms with van der Waals surface area (Å²) in [6, 6.07) is 9.42. The summed E-state index contributed by atoms with van der Waals surface area (Å²) in [6.45, 7) is 1.90. The molecule has 2 aromatic heterocycles. The van der Waals surface area contributed by atoms with Crippen LogP contribution >= 0.6 is 0 Å². The van der Waals surface area contributed by atoms with Gasteiger partial charge in [0.25, 0.3) is 0 Å². The zero-order valence-corrected chi connectivity index (χ0v) is 12.7. The van der Waals surface area contributed by atoms with E-state index in [0.29, 0.717) is 5.78 Å². The molecule has 0 aliphatic carbocycles. The van der Waals surface area contributed by atoms with Crippen LogP contribution in [-0.4, -0.2) is 20.3 Å². The second-order valence-electron chi connectivity index (χ2n) is 4.90. The molecule has 5 nitrogen and oxygen atoms in total. The first-order valence-electron chi connectivity index (χ1n) is 7.27. The van der Waals surface area contributed by atoms with Crippen LogP contribution in [0.3, 0.4) is 0 Å². The van der Waals surface area contributed by atoms with Crippen LogP contribution in [0.15, 0.2) is 73.2 Å². The molecule has 0 radical (unpaired) electrons. The predicted molar refractivity (Wildman–Crippen MR) is 91.0 cm³/mol. The second kappa shape index (κ2) is 6.70. The molecule has 3 aromatic rings. The quantitative estimate of drug-likeness (QED) is 0.593. The molecule has 23 heavy (non-hydrogen) atoms. The number of nitrogens with one attached hydrogen (secondary N) is 1. The molecule has 0 unspecified atom stereocenters. The average Bonchev–Trinajstić information content (AvgIpc) is 3.00. The Balaban J connectivity index is 1.75. The van der Waals surface area contributed by atoms with Crippen LogP contribution in [0.4, 0.5) is 5.69 Å². The molecule has 0 fully saturated rings. The normalized spacial score (nSPS) is 11.5. The summed E-state index contributed by atoms with van der Waals surface area (Å²) >= 11 is 0. The van der Waals surface area contributed by atoms with E-state index in [1.54, 1.807) is 18.3 Å². The predicted octanol–water partition coefficient (Wildman–Crippen LogP) is 3.47. The van der Waals surface area contributed by atoms with E-state index in [-0.39, 0.29) is 5.91 Å². The highest BCUT2D eigenvalue weighted by Crippen LogP contribution is 2.20. The maximum absolute atomic E-state index is 11.7. The van der Waals surface area contributed by atoms with E-state index < -0.39 is 0 Å². The second-order valence-corrected chi connectivity index (χ2v) is 4.90. The molecule has 1 aromatic carbocycles. The first kappa shape index (κ1) is 14.7. The number of aromatic nitrogens is 3. The number of hydrogen-bond donors (Lipinski definition) is 1. The van der Waals surface area contributed by atoms with Gasteiger partial charge in [0.15, 0.2) is 0 Å². The minimum absolute atomic E-state index is 0.159. The Hall–Kier alpha value is -3.21. The number of allylic oxidation sites excluding steroid dienone is 3. The van der Waals surface area contributed by atoms with Crippen molar-refractivity contribution in [3.8, 4) is 11.3 Å². The lowest BCUT2D eigenvalue weighted by Crippen LogP contribution is -2.07. The molecule has 0 spiro atoms. The van der Waals surface area contributed by atoms with Gasteiger partial charge in [-0.15, -0.1) is 0 Å². The molecule has 0 saturated heterocycles. The van der Waals surface area contributed by atoms with E-state index in [2.05, 4.69) is 15.3 Å². The monoisotopic (exact) mass is 304 g/mol. The molecule has 114 valence electrons. The molecule has 0 saturated carbocycles. The Bertz CT molecular complexity index is 842. The Morgan fingerprint density at radius 1 is 1.22 bits per heavy atom. The minimum atomic E-state index is -0.159. The van der Waals surface area contributed by atoms with Gasteiger partial charge in [0.2, 0.25) is 11.7 Å². The summed E-state index contributed by atoms with van der Waals surface area (Å²) < 4.78 is 1.87. The summed E-state index contributed by atoms with van der Waals surface area (Å²) in [6.07, 6.45) is 12.4.